The van der Waals surface area contributed by atoms with Gasteiger partial charge in [-0.15, -0.1) is 0 Å². The van der Waals surface area contributed by atoms with E-state index in [1.54, 1.807) is 24.3 Å². The predicted molar refractivity (Wildman–Crippen MR) is 77.8 cm³/mol. The Morgan fingerprint density at radius 1 is 1.14 bits per heavy atom. The summed E-state index contributed by atoms with van der Waals surface area (Å²) in [5.41, 5.74) is 0.245. The van der Waals surface area contributed by atoms with Crippen LogP contribution in [0.15, 0.2) is 52.9 Å². The fraction of sp³-hybridized carbons (Fsp3) is 0. The van der Waals surface area contributed by atoms with Crippen LogP contribution in [0, 0.1) is 10.1 Å². The van der Waals surface area contributed by atoms with Crippen LogP contribution in [-0.4, -0.2) is 10.7 Å². The molecule has 0 aliphatic rings. The van der Waals surface area contributed by atoms with Crippen LogP contribution in [0.25, 0.3) is 11.0 Å². The number of carbonyl (C=O) groups is 1. The highest BCUT2D eigenvalue weighted by molar-refractivity contribution is 6.31. The summed E-state index contributed by atoms with van der Waals surface area (Å²) in [4.78, 5) is 22.8. The smallest absolute Gasteiger partial charge is 0.280 e. The van der Waals surface area contributed by atoms with Gasteiger partial charge in [0, 0.05) is 16.5 Å². The highest BCUT2D eigenvalue weighted by Crippen LogP contribution is 2.27. The number of benzene rings is 2. The summed E-state index contributed by atoms with van der Waals surface area (Å²) in [6.45, 7) is 0. The molecule has 0 N–H and O–H groups in total. The van der Waals surface area contributed by atoms with Gasteiger partial charge in [-0.25, -0.2) is 0 Å². The Hall–Kier alpha value is -2.66. The van der Waals surface area contributed by atoms with E-state index in [-0.39, 0.29) is 17.0 Å². The Bertz CT molecular complexity index is 869. The van der Waals surface area contributed by atoms with Crippen molar-refractivity contribution >= 4 is 34.0 Å². The molecule has 0 spiro atoms. The summed E-state index contributed by atoms with van der Waals surface area (Å²) >= 11 is 5.88. The highest BCUT2D eigenvalue weighted by atomic mass is 35.5. The summed E-state index contributed by atoms with van der Waals surface area (Å²) < 4.78 is 5.44. The third-order valence-corrected chi connectivity index (χ3v) is 3.28. The van der Waals surface area contributed by atoms with Crippen LogP contribution in [-0.2, 0) is 0 Å². The van der Waals surface area contributed by atoms with Gasteiger partial charge in [0.25, 0.3) is 5.69 Å². The molecule has 0 radical (unpaired) electrons. The van der Waals surface area contributed by atoms with Crippen LogP contribution < -0.4 is 0 Å². The number of halogens is 1. The second kappa shape index (κ2) is 5.03. The molecule has 0 unspecified atom stereocenters. The van der Waals surface area contributed by atoms with Gasteiger partial charge in [-0.1, -0.05) is 23.7 Å². The molecule has 0 fully saturated rings. The van der Waals surface area contributed by atoms with E-state index in [1.807, 2.05) is 0 Å². The van der Waals surface area contributed by atoms with Gasteiger partial charge in [0.2, 0.25) is 5.78 Å². The molecule has 0 saturated heterocycles. The number of rotatable bonds is 3. The molecular weight excluding hydrogens is 294 g/mol. The van der Waals surface area contributed by atoms with Crippen molar-refractivity contribution in [3.8, 4) is 0 Å². The number of furan rings is 1. The van der Waals surface area contributed by atoms with Crippen LogP contribution in [0.3, 0.4) is 0 Å². The summed E-state index contributed by atoms with van der Waals surface area (Å²) in [6.07, 6.45) is 0. The molecule has 5 nitrogen and oxygen atoms in total. The van der Waals surface area contributed by atoms with Gasteiger partial charge in [0.05, 0.1) is 4.92 Å². The molecule has 0 aliphatic carbocycles. The molecule has 21 heavy (non-hydrogen) atoms. The van der Waals surface area contributed by atoms with E-state index in [1.165, 1.54) is 24.3 Å². The largest absolute Gasteiger partial charge is 0.453 e. The third-order valence-electron chi connectivity index (χ3n) is 3.05. The van der Waals surface area contributed by atoms with Gasteiger partial charge in [-0.05, 0) is 30.3 Å². The van der Waals surface area contributed by atoms with Gasteiger partial charge in [-0.3, -0.25) is 14.9 Å². The summed E-state index contributed by atoms with van der Waals surface area (Å²) in [7, 11) is 0. The van der Waals surface area contributed by atoms with Crippen LogP contribution >= 0.6 is 11.6 Å². The van der Waals surface area contributed by atoms with Gasteiger partial charge in [0.1, 0.15) is 11.1 Å². The summed E-state index contributed by atoms with van der Waals surface area (Å²) in [5, 5.41) is 12.2. The van der Waals surface area contributed by atoms with Crippen LogP contribution in [0.2, 0.25) is 5.02 Å². The lowest BCUT2D eigenvalue weighted by Gasteiger charge is -1.99. The molecule has 3 rings (SSSR count). The first-order chi connectivity index (χ1) is 10.1. The minimum absolute atomic E-state index is 0.00680. The molecule has 104 valence electrons. The standard InChI is InChI=1S/C15H8ClNO4/c16-10-5-6-13-9(7-10)8-14(21-13)15(18)11-3-1-2-4-12(11)17(19)20/h1-8H. The maximum Gasteiger partial charge on any atom is 0.280 e. The maximum absolute atomic E-state index is 12.4. The molecule has 1 heterocycles. The van der Waals surface area contributed by atoms with Crippen LogP contribution in [0.4, 0.5) is 5.69 Å². The molecule has 0 amide bonds. The van der Waals surface area contributed by atoms with Crippen molar-refractivity contribution < 1.29 is 14.1 Å². The van der Waals surface area contributed by atoms with Crippen molar-refractivity contribution in [2.75, 3.05) is 0 Å². The zero-order valence-electron chi connectivity index (χ0n) is 10.6. The highest BCUT2D eigenvalue weighted by Gasteiger charge is 2.23. The normalized spacial score (nSPS) is 10.7. The molecule has 2 aromatic carbocycles. The number of para-hydroxylation sites is 1. The van der Waals surface area contributed by atoms with E-state index in [0.29, 0.717) is 16.0 Å². The Morgan fingerprint density at radius 2 is 1.90 bits per heavy atom. The summed E-state index contributed by atoms with van der Waals surface area (Å²) in [5.74, 6) is -0.490. The monoisotopic (exact) mass is 301 g/mol. The molecule has 0 aliphatic heterocycles. The fourth-order valence-electron chi connectivity index (χ4n) is 2.08. The van der Waals surface area contributed by atoms with Crippen LogP contribution in [0.5, 0.6) is 0 Å². The number of fused-ring (bicyclic) bond motifs is 1. The first-order valence-corrected chi connectivity index (χ1v) is 6.41. The van der Waals surface area contributed by atoms with Gasteiger partial charge in [0.15, 0.2) is 5.76 Å². The van der Waals surface area contributed by atoms with Gasteiger partial charge < -0.3 is 4.42 Å². The lowest BCUT2D eigenvalue weighted by atomic mass is 10.1. The van der Waals surface area contributed by atoms with E-state index >= 15 is 0 Å². The van der Waals surface area contributed by atoms with Crippen molar-refractivity contribution in [1.82, 2.24) is 0 Å². The maximum atomic E-state index is 12.4. The average molecular weight is 302 g/mol. The molecular formula is C15H8ClNO4. The Morgan fingerprint density at radius 3 is 2.67 bits per heavy atom. The predicted octanol–water partition coefficient (Wildman–Crippen LogP) is 4.23. The SMILES string of the molecule is O=C(c1cc2cc(Cl)ccc2o1)c1ccccc1[N+](=O)[O-]. The quantitative estimate of drug-likeness (QED) is 0.412. The number of hydrogen-bond donors (Lipinski definition) is 0. The molecule has 0 saturated carbocycles. The zero-order chi connectivity index (χ0) is 15.0. The zero-order valence-corrected chi connectivity index (χ0v) is 11.3. The first-order valence-electron chi connectivity index (χ1n) is 6.03. The molecule has 1 aromatic heterocycles. The number of hydrogen-bond acceptors (Lipinski definition) is 4. The molecule has 0 atom stereocenters. The molecule has 6 heteroatoms. The molecule has 0 bridgehead atoms. The molecule has 3 aromatic rings. The summed E-state index contributed by atoms with van der Waals surface area (Å²) in [6, 6.07) is 12.2. The van der Waals surface area contributed by atoms with E-state index in [9.17, 15) is 14.9 Å². The number of nitro benzene ring substituents is 1. The van der Waals surface area contributed by atoms with Crippen molar-refractivity contribution in [2.45, 2.75) is 0 Å². The van der Waals surface area contributed by atoms with E-state index in [2.05, 4.69) is 0 Å². The number of ketones is 1. The Kier molecular flexibility index (Phi) is 3.19. The fourth-order valence-corrected chi connectivity index (χ4v) is 2.26. The van der Waals surface area contributed by atoms with E-state index < -0.39 is 10.7 Å². The van der Waals surface area contributed by atoms with Gasteiger partial charge >= 0.3 is 0 Å². The average Bonchev–Trinajstić information content (AvgIpc) is 2.89. The Balaban J connectivity index is 2.10. The number of nitrogens with zero attached hydrogens (tertiary/aromatic N) is 1. The Labute approximate surface area is 123 Å². The second-order valence-electron chi connectivity index (χ2n) is 4.40. The number of nitro groups is 1. The first kappa shape index (κ1) is 13.3. The topological polar surface area (TPSA) is 73.3 Å². The van der Waals surface area contributed by atoms with Crippen molar-refractivity contribution in [3.63, 3.8) is 0 Å². The van der Waals surface area contributed by atoms with E-state index in [4.69, 9.17) is 16.0 Å². The second-order valence-corrected chi connectivity index (χ2v) is 4.83. The minimum Gasteiger partial charge on any atom is -0.453 e. The third kappa shape index (κ3) is 2.39. The lowest BCUT2D eigenvalue weighted by Crippen LogP contribution is -2.04. The van der Waals surface area contributed by atoms with Crippen molar-refractivity contribution in [3.05, 3.63) is 75.0 Å². The van der Waals surface area contributed by atoms with Crippen molar-refractivity contribution in [1.29, 1.82) is 0 Å². The lowest BCUT2D eigenvalue weighted by molar-refractivity contribution is -0.385. The van der Waals surface area contributed by atoms with Crippen molar-refractivity contribution in [2.24, 2.45) is 0 Å². The van der Waals surface area contributed by atoms with Crippen LogP contribution in [0.1, 0.15) is 16.1 Å². The minimum atomic E-state index is -0.591. The number of carbonyl (C=O) groups excluding carboxylic acids is 1. The van der Waals surface area contributed by atoms with E-state index in [0.717, 1.165) is 0 Å². The van der Waals surface area contributed by atoms with Gasteiger partial charge in [-0.2, -0.15) is 0 Å².